The van der Waals surface area contributed by atoms with Crippen LogP contribution in [0.25, 0.3) is 0 Å². The Hall–Kier alpha value is -1.44. The molecule has 0 atom stereocenters. The molecule has 1 aliphatic heterocycles. The van der Waals surface area contributed by atoms with Crippen LogP contribution in [0.2, 0.25) is 0 Å². The summed E-state index contributed by atoms with van der Waals surface area (Å²) in [5.74, 6) is 0.498. The molecule has 23 heavy (non-hydrogen) atoms. The van der Waals surface area contributed by atoms with Crippen molar-refractivity contribution in [2.45, 2.75) is 44.4 Å². The van der Waals surface area contributed by atoms with E-state index in [1.54, 1.807) is 6.92 Å². The minimum Gasteiger partial charge on any atom is -0.326 e. The second kappa shape index (κ2) is 7.42. The van der Waals surface area contributed by atoms with Gasteiger partial charge in [0, 0.05) is 12.1 Å². The van der Waals surface area contributed by atoms with Crippen LogP contribution in [0.5, 0.6) is 0 Å². The first kappa shape index (κ1) is 17.9. The van der Waals surface area contributed by atoms with Crippen molar-refractivity contribution in [2.24, 2.45) is 11.1 Å². The van der Waals surface area contributed by atoms with Crippen LogP contribution in [-0.4, -0.2) is 27.4 Å². The number of sulfonamides is 1. The quantitative estimate of drug-likeness (QED) is 0.759. The summed E-state index contributed by atoms with van der Waals surface area (Å²) in [7, 11) is -3.79. The van der Waals surface area contributed by atoms with E-state index in [0.717, 1.165) is 43.5 Å². The first-order chi connectivity index (χ1) is 10.8. The van der Waals surface area contributed by atoms with Gasteiger partial charge in [0.05, 0.1) is 4.90 Å². The van der Waals surface area contributed by atoms with Gasteiger partial charge in [-0.2, -0.15) is 0 Å². The topological polar surface area (TPSA) is 101 Å². The fourth-order valence-electron chi connectivity index (χ4n) is 2.84. The average Bonchev–Trinajstić information content (AvgIpc) is 2.49. The van der Waals surface area contributed by atoms with Crippen molar-refractivity contribution in [3.63, 3.8) is 0 Å². The van der Waals surface area contributed by atoms with Gasteiger partial charge in [-0.05, 0) is 75.4 Å². The first-order valence-corrected chi connectivity index (χ1v) is 9.46. The molecular weight excluding hydrogens is 314 g/mol. The molecule has 0 aromatic heterocycles. The van der Waals surface area contributed by atoms with Gasteiger partial charge in [-0.1, -0.05) is 0 Å². The summed E-state index contributed by atoms with van der Waals surface area (Å²) in [6, 6.07) is 2.95. The Bertz CT molecular complexity index is 680. The molecule has 1 aromatic rings. The number of hydrogen-bond acceptors (Lipinski definition) is 4. The van der Waals surface area contributed by atoms with Crippen molar-refractivity contribution < 1.29 is 13.2 Å². The molecule has 128 valence electrons. The number of piperidine rings is 1. The maximum absolute atomic E-state index is 12.2. The highest BCUT2D eigenvalue weighted by Gasteiger charge is 2.17. The molecular formula is C16H25N3O3S. The highest BCUT2D eigenvalue weighted by Crippen LogP contribution is 2.24. The maximum Gasteiger partial charge on any atom is 0.238 e. The molecule has 1 saturated heterocycles. The Morgan fingerprint density at radius 2 is 1.96 bits per heavy atom. The van der Waals surface area contributed by atoms with Crippen LogP contribution < -0.4 is 15.8 Å². The number of hydrogen-bond donors (Lipinski definition) is 3. The molecule has 0 aliphatic carbocycles. The zero-order valence-electron chi connectivity index (χ0n) is 13.7. The molecule has 1 amide bonds. The van der Waals surface area contributed by atoms with Crippen LogP contribution in [0.4, 0.5) is 5.69 Å². The molecule has 1 aliphatic rings. The van der Waals surface area contributed by atoms with Crippen LogP contribution in [0.15, 0.2) is 17.0 Å². The highest BCUT2D eigenvalue weighted by molar-refractivity contribution is 7.89. The summed E-state index contributed by atoms with van der Waals surface area (Å²) < 4.78 is 23.1. The van der Waals surface area contributed by atoms with Crippen LogP contribution in [0.1, 0.15) is 36.8 Å². The predicted molar refractivity (Wildman–Crippen MR) is 90.7 cm³/mol. The highest BCUT2D eigenvalue weighted by atomic mass is 32.2. The van der Waals surface area contributed by atoms with Crippen molar-refractivity contribution in [1.82, 2.24) is 5.32 Å². The molecule has 0 radical (unpaired) electrons. The monoisotopic (exact) mass is 339 g/mol. The van der Waals surface area contributed by atoms with Crippen molar-refractivity contribution in [1.29, 1.82) is 0 Å². The van der Waals surface area contributed by atoms with Crippen molar-refractivity contribution >= 4 is 21.6 Å². The number of carbonyl (C=O) groups is 1. The molecule has 1 aromatic carbocycles. The Labute approximate surface area is 137 Å². The van der Waals surface area contributed by atoms with Crippen LogP contribution in [0.3, 0.4) is 0 Å². The molecule has 2 rings (SSSR count). The first-order valence-electron chi connectivity index (χ1n) is 7.92. The Morgan fingerprint density at radius 3 is 2.57 bits per heavy atom. The summed E-state index contributed by atoms with van der Waals surface area (Å²) >= 11 is 0. The number of anilines is 1. The number of nitrogens with two attached hydrogens (primary N) is 1. The van der Waals surface area contributed by atoms with E-state index in [-0.39, 0.29) is 10.8 Å². The van der Waals surface area contributed by atoms with Gasteiger partial charge in [-0.25, -0.2) is 13.6 Å². The number of aryl methyl sites for hydroxylation is 1. The number of benzene rings is 1. The van der Waals surface area contributed by atoms with Gasteiger partial charge in [0.25, 0.3) is 0 Å². The molecule has 0 saturated carbocycles. The van der Waals surface area contributed by atoms with E-state index in [0.29, 0.717) is 18.0 Å². The second-order valence-corrected chi connectivity index (χ2v) is 7.80. The number of nitrogens with one attached hydrogen (secondary N) is 2. The largest absolute Gasteiger partial charge is 0.326 e. The molecule has 0 unspecified atom stereocenters. The maximum atomic E-state index is 12.2. The van der Waals surface area contributed by atoms with Crippen molar-refractivity contribution in [2.75, 3.05) is 18.4 Å². The van der Waals surface area contributed by atoms with E-state index in [9.17, 15) is 13.2 Å². The molecule has 1 heterocycles. The Kier molecular flexibility index (Phi) is 5.78. The normalized spacial score (nSPS) is 16.3. The lowest BCUT2D eigenvalue weighted by atomic mass is 9.93. The summed E-state index contributed by atoms with van der Waals surface area (Å²) in [5.41, 5.74) is 2.15. The van der Waals surface area contributed by atoms with Gasteiger partial charge in [-0.3, -0.25) is 4.79 Å². The van der Waals surface area contributed by atoms with E-state index < -0.39 is 10.0 Å². The zero-order chi connectivity index (χ0) is 17.0. The van der Waals surface area contributed by atoms with Gasteiger partial charge in [-0.15, -0.1) is 0 Å². The number of primary sulfonamides is 1. The van der Waals surface area contributed by atoms with Crippen molar-refractivity contribution in [3.05, 3.63) is 23.3 Å². The summed E-state index contributed by atoms with van der Waals surface area (Å²) in [6.07, 6.45) is 3.52. The van der Waals surface area contributed by atoms with Gasteiger partial charge in [0.15, 0.2) is 0 Å². The smallest absolute Gasteiger partial charge is 0.238 e. The SMILES string of the molecule is Cc1cc(S(N)(=O)=O)cc(NC(=O)CCC2CCNCC2)c1C. The van der Waals surface area contributed by atoms with Gasteiger partial charge in [0.2, 0.25) is 15.9 Å². The van der Waals surface area contributed by atoms with Crippen LogP contribution in [-0.2, 0) is 14.8 Å². The fraction of sp³-hybridized carbons (Fsp3) is 0.562. The lowest BCUT2D eigenvalue weighted by Gasteiger charge is -2.22. The standard InChI is InChI=1S/C16H25N3O3S/c1-11-9-14(23(17,21)22)10-15(12(11)2)19-16(20)4-3-13-5-7-18-8-6-13/h9-10,13,18H,3-8H2,1-2H3,(H,19,20)(H2,17,21,22). The fourth-order valence-corrected chi connectivity index (χ4v) is 3.46. The van der Waals surface area contributed by atoms with Gasteiger partial charge >= 0.3 is 0 Å². The molecule has 0 bridgehead atoms. The number of rotatable bonds is 5. The van der Waals surface area contributed by atoms with E-state index in [2.05, 4.69) is 10.6 Å². The van der Waals surface area contributed by atoms with Gasteiger partial charge in [0.1, 0.15) is 0 Å². The summed E-state index contributed by atoms with van der Waals surface area (Å²) in [6.45, 7) is 5.68. The number of carbonyl (C=O) groups excluding carboxylic acids is 1. The lowest BCUT2D eigenvalue weighted by Crippen LogP contribution is -2.28. The van der Waals surface area contributed by atoms with E-state index in [4.69, 9.17) is 5.14 Å². The third-order valence-electron chi connectivity index (χ3n) is 4.48. The average molecular weight is 339 g/mol. The molecule has 1 fully saturated rings. The van der Waals surface area contributed by atoms with Gasteiger partial charge < -0.3 is 10.6 Å². The lowest BCUT2D eigenvalue weighted by molar-refractivity contribution is -0.116. The number of amides is 1. The predicted octanol–water partition coefficient (Wildman–Crippen LogP) is 1.67. The summed E-state index contributed by atoms with van der Waals surface area (Å²) in [5, 5.41) is 11.3. The third kappa shape index (κ3) is 5.02. The van der Waals surface area contributed by atoms with E-state index >= 15 is 0 Å². The third-order valence-corrected chi connectivity index (χ3v) is 5.37. The summed E-state index contributed by atoms with van der Waals surface area (Å²) in [4.78, 5) is 12.2. The minimum absolute atomic E-state index is 0.0225. The van der Waals surface area contributed by atoms with E-state index in [1.807, 2.05) is 6.92 Å². The van der Waals surface area contributed by atoms with E-state index in [1.165, 1.54) is 12.1 Å². The van der Waals surface area contributed by atoms with Crippen LogP contribution >= 0.6 is 0 Å². The Balaban J connectivity index is 2.03. The zero-order valence-corrected chi connectivity index (χ0v) is 14.5. The molecule has 4 N–H and O–H groups in total. The second-order valence-electron chi connectivity index (χ2n) is 6.24. The Morgan fingerprint density at radius 1 is 1.30 bits per heavy atom. The molecule has 6 nitrogen and oxygen atoms in total. The molecule has 0 spiro atoms. The minimum atomic E-state index is -3.79. The van der Waals surface area contributed by atoms with Crippen molar-refractivity contribution in [3.8, 4) is 0 Å². The molecule has 7 heteroatoms. The van der Waals surface area contributed by atoms with Crippen LogP contribution in [0, 0.1) is 19.8 Å².